The van der Waals surface area contributed by atoms with Crippen molar-refractivity contribution >= 4 is 23.4 Å². The highest BCUT2D eigenvalue weighted by molar-refractivity contribution is 8.00. The Kier molecular flexibility index (Phi) is 3.65. The van der Waals surface area contributed by atoms with E-state index in [1.165, 1.54) is 0 Å². The maximum Gasteiger partial charge on any atom is 0.324 e. The van der Waals surface area contributed by atoms with Crippen molar-refractivity contribution in [2.75, 3.05) is 11.5 Å². The highest BCUT2D eigenvalue weighted by atomic mass is 35.5. The summed E-state index contributed by atoms with van der Waals surface area (Å²) in [6.45, 7) is 1.77. The van der Waals surface area contributed by atoms with E-state index < -0.39 is 11.3 Å². The monoisotopic (exact) mass is 214 g/mol. The van der Waals surface area contributed by atoms with Gasteiger partial charge in [0, 0.05) is 5.92 Å². The fourth-order valence-corrected chi connectivity index (χ4v) is 2.44. The van der Waals surface area contributed by atoms with Gasteiger partial charge in [-0.2, -0.15) is 20.5 Å². The first-order chi connectivity index (χ1) is 5.54. The van der Waals surface area contributed by atoms with Crippen molar-refractivity contribution in [3.63, 3.8) is 0 Å². The van der Waals surface area contributed by atoms with Crippen LogP contribution >= 0.6 is 23.4 Å². The van der Waals surface area contributed by atoms with E-state index in [1.807, 2.05) is 11.8 Å². The quantitative estimate of drug-likeness (QED) is 0.645. The predicted molar refractivity (Wildman–Crippen MR) is 50.0 cm³/mol. The normalized spacial score (nSPS) is 22.0. The lowest BCUT2D eigenvalue weighted by Gasteiger charge is -2.30. The molecular weight excluding hydrogens is 202 g/mol. The van der Waals surface area contributed by atoms with Crippen molar-refractivity contribution in [2.45, 2.75) is 25.1 Å². The van der Waals surface area contributed by atoms with Gasteiger partial charge in [0.2, 0.25) is 0 Å². The van der Waals surface area contributed by atoms with E-state index in [0.717, 1.165) is 11.5 Å². The topological polar surface area (TPSA) is 0 Å². The molecule has 72 valence electrons. The van der Waals surface area contributed by atoms with Gasteiger partial charge >= 0.3 is 5.38 Å². The number of thioether (sulfide) groups is 1. The molecule has 1 aliphatic rings. The lowest BCUT2D eigenvalue weighted by Crippen LogP contribution is -2.28. The third-order valence-corrected chi connectivity index (χ3v) is 4.00. The molecule has 1 fully saturated rings. The molecule has 0 spiro atoms. The Morgan fingerprint density at radius 2 is 2.17 bits per heavy atom. The Morgan fingerprint density at radius 3 is 2.42 bits per heavy atom. The van der Waals surface area contributed by atoms with Gasteiger partial charge < -0.3 is 0 Å². The minimum Gasteiger partial charge on any atom is -0.188 e. The van der Waals surface area contributed by atoms with E-state index in [4.69, 9.17) is 11.6 Å². The Balaban J connectivity index is 2.34. The molecule has 0 aliphatic carbocycles. The van der Waals surface area contributed by atoms with E-state index in [2.05, 4.69) is 0 Å². The van der Waals surface area contributed by atoms with Crippen molar-refractivity contribution in [1.82, 2.24) is 0 Å². The molecule has 0 nitrogen and oxygen atoms in total. The first-order valence-corrected chi connectivity index (χ1v) is 5.71. The van der Waals surface area contributed by atoms with Crippen LogP contribution in [0.1, 0.15) is 19.8 Å². The largest absolute Gasteiger partial charge is 0.324 e. The zero-order valence-electron chi connectivity index (χ0n) is 7.03. The van der Waals surface area contributed by atoms with Crippen LogP contribution in [-0.4, -0.2) is 16.9 Å². The van der Waals surface area contributed by atoms with Crippen LogP contribution in [0.2, 0.25) is 0 Å². The van der Waals surface area contributed by atoms with Crippen molar-refractivity contribution in [2.24, 2.45) is 11.8 Å². The molecular formula is C8H13ClF2S. The number of hydrogen-bond donors (Lipinski definition) is 0. The summed E-state index contributed by atoms with van der Waals surface area (Å²) in [4.78, 5) is 0. The molecule has 0 aromatic heterocycles. The molecule has 1 heterocycles. The third kappa shape index (κ3) is 2.77. The molecule has 0 radical (unpaired) electrons. The van der Waals surface area contributed by atoms with E-state index in [-0.39, 0.29) is 0 Å². The molecule has 0 amide bonds. The van der Waals surface area contributed by atoms with Crippen LogP contribution in [-0.2, 0) is 0 Å². The summed E-state index contributed by atoms with van der Waals surface area (Å²) in [5.74, 6) is 1.90. The van der Waals surface area contributed by atoms with Crippen LogP contribution in [0, 0.1) is 11.8 Å². The Morgan fingerprint density at radius 1 is 1.58 bits per heavy atom. The Labute approximate surface area is 81.0 Å². The molecule has 4 heteroatoms. The number of hydrogen-bond acceptors (Lipinski definition) is 1. The fraction of sp³-hybridized carbons (Fsp3) is 1.00. The first kappa shape index (κ1) is 10.6. The SMILES string of the molecule is CCC(CC1CSC1)C(F)(F)Cl. The first-order valence-electron chi connectivity index (χ1n) is 4.18. The summed E-state index contributed by atoms with van der Waals surface area (Å²) in [5.41, 5.74) is 0. The van der Waals surface area contributed by atoms with Crippen LogP contribution in [0.5, 0.6) is 0 Å². The van der Waals surface area contributed by atoms with Gasteiger partial charge in [-0.3, -0.25) is 0 Å². The maximum atomic E-state index is 12.7. The number of alkyl halides is 3. The van der Waals surface area contributed by atoms with Crippen LogP contribution in [0.25, 0.3) is 0 Å². The second-order valence-electron chi connectivity index (χ2n) is 3.29. The third-order valence-electron chi connectivity index (χ3n) is 2.28. The zero-order chi connectivity index (χ0) is 9.19. The van der Waals surface area contributed by atoms with Gasteiger partial charge in [-0.15, -0.1) is 0 Å². The Hall–Kier alpha value is 0.500. The van der Waals surface area contributed by atoms with Gasteiger partial charge in [0.15, 0.2) is 0 Å². The second-order valence-corrected chi connectivity index (χ2v) is 4.86. The zero-order valence-corrected chi connectivity index (χ0v) is 8.60. The van der Waals surface area contributed by atoms with Gasteiger partial charge in [0.25, 0.3) is 0 Å². The molecule has 1 unspecified atom stereocenters. The lowest BCUT2D eigenvalue weighted by molar-refractivity contribution is 0.0169. The standard InChI is InChI=1S/C8H13ClF2S/c1-2-7(8(9,10)11)3-6-4-12-5-6/h6-7H,2-5H2,1H3. The molecule has 0 aromatic rings. The highest BCUT2D eigenvalue weighted by Crippen LogP contribution is 2.39. The molecule has 0 aromatic carbocycles. The molecule has 0 saturated carbocycles. The van der Waals surface area contributed by atoms with Crippen molar-refractivity contribution in [3.8, 4) is 0 Å². The van der Waals surface area contributed by atoms with Crippen molar-refractivity contribution in [1.29, 1.82) is 0 Å². The van der Waals surface area contributed by atoms with Crippen LogP contribution in [0.15, 0.2) is 0 Å². The van der Waals surface area contributed by atoms with Crippen LogP contribution < -0.4 is 0 Å². The maximum absolute atomic E-state index is 12.7. The summed E-state index contributed by atoms with van der Waals surface area (Å²) in [6.07, 6.45) is 1.05. The van der Waals surface area contributed by atoms with E-state index in [9.17, 15) is 8.78 Å². The minimum absolute atomic E-state index is 0.470. The van der Waals surface area contributed by atoms with Crippen molar-refractivity contribution < 1.29 is 8.78 Å². The molecule has 1 rings (SSSR count). The smallest absolute Gasteiger partial charge is 0.188 e. The molecule has 1 aliphatic heterocycles. The van der Waals surface area contributed by atoms with Gasteiger partial charge in [0.1, 0.15) is 0 Å². The average Bonchev–Trinajstić information content (AvgIpc) is 1.82. The van der Waals surface area contributed by atoms with Crippen LogP contribution in [0.3, 0.4) is 0 Å². The summed E-state index contributed by atoms with van der Waals surface area (Å²) in [5, 5.41) is -3.00. The highest BCUT2D eigenvalue weighted by Gasteiger charge is 2.38. The summed E-state index contributed by atoms with van der Waals surface area (Å²) >= 11 is 6.80. The van der Waals surface area contributed by atoms with Crippen molar-refractivity contribution in [3.05, 3.63) is 0 Å². The lowest BCUT2D eigenvalue weighted by atomic mass is 9.94. The van der Waals surface area contributed by atoms with Gasteiger partial charge in [0.05, 0.1) is 0 Å². The predicted octanol–water partition coefficient (Wildman–Crippen LogP) is 3.60. The van der Waals surface area contributed by atoms with Gasteiger partial charge in [-0.25, -0.2) is 0 Å². The molecule has 0 N–H and O–H groups in total. The molecule has 12 heavy (non-hydrogen) atoms. The average molecular weight is 215 g/mol. The summed E-state index contributed by atoms with van der Waals surface area (Å²) in [7, 11) is 0. The van der Waals surface area contributed by atoms with Gasteiger partial charge in [-0.1, -0.05) is 6.92 Å². The summed E-state index contributed by atoms with van der Waals surface area (Å²) < 4.78 is 25.3. The molecule has 0 bridgehead atoms. The molecule has 1 saturated heterocycles. The fourth-order valence-electron chi connectivity index (χ4n) is 1.35. The minimum atomic E-state index is -3.00. The second kappa shape index (κ2) is 4.14. The van der Waals surface area contributed by atoms with E-state index >= 15 is 0 Å². The number of rotatable bonds is 4. The Bertz CT molecular complexity index is 142. The number of halogens is 3. The summed E-state index contributed by atoms with van der Waals surface area (Å²) in [6, 6.07) is 0. The van der Waals surface area contributed by atoms with E-state index in [0.29, 0.717) is 18.8 Å². The van der Waals surface area contributed by atoms with E-state index in [1.54, 1.807) is 6.92 Å². The molecule has 1 atom stereocenters. The van der Waals surface area contributed by atoms with Crippen LogP contribution in [0.4, 0.5) is 8.78 Å². The van der Waals surface area contributed by atoms with Gasteiger partial charge in [-0.05, 0) is 41.9 Å².